The Kier molecular flexibility index (Phi) is 3.85. The Bertz CT molecular complexity index is 628. The van der Waals surface area contributed by atoms with Gasteiger partial charge in [-0.1, -0.05) is 12.1 Å². The molecule has 0 bridgehead atoms. The summed E-state index contributed by atoms with van der Waals surface area (Å²) < 4.78 is 0. The van der Waals surface area contributed by atoms with Gasteiger partial charge < -0.3 is 4.90 Å². The standard InChI is InChI=1S/C16H17NOS2/c1-11-10-15(20-12(11)2)16(18)17-8-5-9-19-14-7-4-3-6-13(14)17/h3-4,6-7,10H,5,8-9H2,1-2H3. The molecule has 2 aromatic rings. The van der Waals surface area contributed by atoms with E-state index in [0.29, 0.717) is 0 Å². The highest BCUT2D eigenvalue weighted by molar-refractivity contribution is 7.99. The van der Waals surface area contributed by atoms with E-state index in [9.17, 15) is 4.79 Å². The quantitative estimate of drug-likeness (QED) is 0.772. The molecule has 0 saturated carbocycles. The molecule has 1 aliphatic rings. The van der Waals surface area contributed by atoms with Gasteiger partial charge in [0.1, 0.15) is 0 Å². The zero-order chi connectivity index (χ0) is 14.1. The number of thiophene rings is 1. The second kappa shape index (κ2) is 5.62. The first-order chi connectivity index (χ1) is 9.66. The molecule has 2 nitrogen and oxygen atoms in total. The molecule has 104 valence electrons. The Morgan fingerprint density at radius 2 is 2.05 bits per heavy atom. The second-order valence-electron chi connectivity index (χ2n) is 4.98. The number of rotatable bonds is 1. The van der Waals surface area contributed by atoms with Crippen LogP contribution in [0.5, 0.6) is 0 Å². The molecule has 0 unspecified atom stereocenters. The molecule has 0 radical (unpaired) electrons. The molecule has 1 aromatic heterocycles. The summed E-state index contributed by atoms with van der Waals surface area (Å²) in [4.78, 5) is 18.0. The first-order valence-corrected chi connectivity index (χ1v) is 8.58. The largest absolute Gasteiger partial charge is 0.307 e. The van der Waals surface area contributed by atoms with Gasteiger partial charge in [0.15, 0.2) is 0 Å². The van der Waals surface area contributed by atoms with Crippen molar-refractivity contribution in [3.8, 4) is 0 Å². The zero-order valence-electron chi connectivity index (χ0n) is 11.7. The Morgan fingerprint density at radius 3 is 2.80 bits per heavy atom. The number of anilines is 1. The summed E-state index contributed by atoms with van der Waals surface area (Å²) in [6.45, 7) is 4.94. The van der Waals surface area contributed by atoms with Crippen molar-refractivity contribution < 1.29 is 4.79 Å². The van der Waals surface area contributed by atoms with E-state index in [4.69, 9.17) is 0 Å². The van der Waals surface area contributed by atoms with Crippen LogP contribution in [0, 0.1) is 13.8 Å². The van der Waals surface area contributed by atoms with Crippen molar-refractivity contribution >= 4 is 34.7 Å². The highest BCUT2D eigenvalue weighted by Gasteiger charge is 2.23. The molecule has 0 saturated heterocycles. The van der Waals surface area contributed by atoms with Gasteiger partial charge in [0.25, 0.3) is 5.91 Å². The van der Waals surface area contributed by atoms with Gasteiger partial charge in [-0.3, -0.25) is 4.79 Å². The van der Waals surface area contributed by atoms with Crippen LogP contribution in [0.15, 0.2) is 35.2 Å². The molecule has 1 aliphatic heterocycles. The van der Waals surface area contributed by atoms with E-state index in [2.05, 4.69) is 26.0 Å². The number of carbonyl (C=O) groups is 1. The first kappa shape index (κ1) is 13.7. The first-order valence-electron chi connectivity index (χ1n) is 6.77. The van der Waals surface area contributed by atoms with Crippen LogP contribution in [0.25, 0.3) is 0 Å². The van der Waals surface area contributed by atoms with Gasteiger partial charge in [0.2, 0.25) is 0 Å². The van der Waals surface area contributed by atoms with Crippen LogP contribution < -0.4 is 4.90 Å². The Hall–Kier alpha value is -1.26. The van der Waals surface area contributed by atoms with Crippen molar-refractivity contribution in [3.05, 3.63) is 45.6 Å². The van der Waals surface area contributed by atoms with Crippen LogP contribution in [-0.4, -0.2) is 18.2 Å². The van der Waals surface area contributed by atoms with Crippen LogP contribution in [-0.2, 0) is 0 Å². The lowest BCUT2D eigenvalue weighted by Crippen LogP contribution is -2.31. The van der Waals surface area contributed by atoms with Crippen molar-refractivity contribution in [1.29, 1.82) is 0 Å². The van der Waals surface area contributed by atoms with Crippen LogP contribution in [0.3, 0.4) is 0 Å². The number of fused-ring (bicyclic) bond motifs is 1. The number of nitrogens with zero attached hydrogens (tertiary/aromatic N) is 1. The van der Waals surface area contributed by atoms with E-state index in [1.807, 2.05) is 34.9 Å². The molecule has 3 rings (SSSR count). The predicted octanol–water partition coefficient (Wildman–Crippen LogP) is 4.51. The maximum atomic E-state index is 12.8. The highest BCUT2D eigenvalue weighted by atomic mass is 32.2. The van der Waals surface area contributed by atoms with Gasteiger partial charge in [0.05, 0.1) is 10.6 Å². The third-order valence-electron chi connectivity index (χ3n) is 3.56. The minimum Gasteiger partial charge on any atom is -0.307 e. The predicted molar refractivity (Wildman–Crippen MR) is 87.3 cm³/mol. The van der Waals surface area contributed by atoms with Gasteiger partial charge in [-0.25, -0.2) is 0 Å². The van der Waals surface area contributed by atoms with Gasteiger partial charge in [-0.15, -0.1) is 23.1 Å². The van der Waals surface area contributed by atoms with Crippen molar-refractivity contribution in [2.24, 2.45) is 0 Å². The lowest BCUT2D eigenvalue weighted by molar-refractivity contribution is 0.0990. The Balaban J connectivity index is 1.99. The van der Waals surface area contributed by atoms with E-state index in [1.165, 1.54) is 15.3 Å². The maximum Gasteiger partial charge on any atom is 0.268 e. The van der Waals surface area contributed by atoms with E-state index in [1.54, 1.807) is 11.3 Å². The van der Waals surface area contributed by atoms with Gasteiger partial charge in [-0.2, -0.15) is 0 Å². The molecular formula is C16H17NOS2. The zero-order valence-corrected chi connectivity index (χ0v) is 13.3. The lowest BCUT2D eigenvalue weighted by Gasteiger charge is -2.21. The van der Waals surface area contributed by atoms with Crippen LogP contribution in [0.2, 0.25) is 0 Å². The summed E-state index contributed by atoms with van der Waals surface area (Å²) in [6.07, 6.45) is 1.04. The molecule has 0 N–H and O–H groups in total. The number of para-hydroxylation sites is 1. The summed E-state index contributed by atoms with van der Waals surface area (Å²) in [5, 5.41) is 0. The average Bonchev–Trinajstić information content (AvgIpc) is 2.68. The second-order valence-corrected chi connectivity index (χ2v) is 7.37. The number of benzene rings is 1. The van der Waals surface area contributed by atoms with Crippen molar-refractivity contribution in [2.45, 2.75) is 25.2 Å². The van der Waals surface area contributed by atoms with Crippen molar-refractivity contribution in [3.63, 3.8) is 0 Å². The molecule has 4 heteroatoms. The molecule has 0 aliphatic carbocycles. The normalized spacial score (nSPS) is 14.8. The molecule has 0 atom stereocenters. The molecule has 20 heavy (non-hydrogen) atoms. The van der Waals surface area contributed by atoms with E-state index in [-0.39, 0.29) is 5.91 Å². The Morgan fingerprint density at radius 1 is 1.25 bits per heavy atom. The Labute approximate surface area is 127 Å². The van der Waals surface area contributed by atoms with Crippen LogP contribution in [0.4, 0.5) is 5.69 Å². The van der Waals surface area contributed by atoms with E-state index < -0.39 is 0 Å². The maximum absolute atomic E-state index is 12.8. The van der Waals surface area contributed by atoms with E-state index >= 15 is 0 Å². The summed E-state index contributed by atoms with van der Waals surface area (Å²) >= 11 is 3.44. The number of thioether (sulfide) groups is 1. The number of amides is 1. The third kappa shape index (κ3) is 2.50. The summed E-state index contributed by atoms with van der Waals surface area (Å²) in [5.41, 5.74) is 2.26. The summed E-state index contributed by atoms with van der Waals surface area (Å²) in [5.74, 6) is 1.21. The van der Waals surface area contributed by atoms with E-state index in [0.717, 1.165) is 29.3 Å². The van der Waals surface area contributed by atoms with Crippen molar-refractivity contribution in [1.82, 2.24) is 0 Å². The minimum absolute atomic E-state index is 0.140. The van der Waals surface area contributed by atoms with Crippen LogP contribution in [0.1, 0.15) is 26.5 Å². The molecular weight excluding hydrogens is 286 g/mol. The summed E-state index contributed by atoms with van der Waals surface area (Å²) in [6, 6.07) is 10.2. The number of aryl methyl sites for hydroxylation is 2. The highest BCUT2D eigenvalue weighted by Crippen LogP contribution is 2.35. The summed E-state index contributed by atoms with van der Waals surface area (Å²) in [7, 11) is 0. The smallest absolute Gasteiger partial charge is 0.268 e. The molecule has 2 heterocycles. The molecule has 1 aromatic carbocycles. The minimum atomic E-state index is 0.140. The fraction of sp³-hybridized carbons (Fsp3) is 0.312. The lowest BCUT2D eigenvalue weighted by atomic mass is 10.2. The van der Waals surface area contributed by atoms with Gasteiger partial charge in [-0.05, 0) is 49.8 Å². The number of hydrogen-bond acceptors (Lipinski definition) is 3. The average molecular weight is 303 g/mol. The number of hydrogen-bond donors (Lipinski definition) is 0. The third-order valence-corrected chi connectivity index (χ3v) is 5.85. The van der Waals surface area contributed by atoms with Crippen LogP contribution >= 0.6 is 23.1 Å². The van der Waals surface area contributed by atoms with Gasteiger partial charge >= 0.3 is 0 Å². The molecule has 0 spiro atoms. The van der Waals surface area contributed by atoms with Gasteiger partial charge in [0, 0.05) is 16.3 Å². The van der Waals surface area contributed by atoms with Crippen molar-refractivity contribution in [2.75, 3.05) is 17.2 Å². The fourth-order valence-corrected chi connectivity index (χ4v) is 4.33. The fourth-order valence-electron chi connectivity index (χ4n) is 2.35. The number of carbonyl (C=O) groups excluding carboxylic acids is 1. The molecule has 0 fully saturated rings. The topological polar surface area (TPSA) is 20.3 Å². The SMILES string of the molecule is Cc1cc(C(=O)N2CCCSc3ccccc32)sc1C. The monoisotopic (exact) mass is 303 g/mol. The molecule has 1 amide bonds.